The van der Waals surface area contributed by atoms with Gasteiger partial charge in [-0.1, -0.05) is 65.7 Å². The van der Waals surface area contributed by atoms with Crippen molar-refractivity contribution >= 4 is 35.2 Å². The number of carbonyl (C=O) groups excluding carboxylic acids is 1. The number of amides is 2. The molecule has 0 aliphatic carbocycles. The number of aliphatic carboxylic acids is 1. The maximum absolute atomic E-state index is 13.0. The standard InChI is InChI=1S/C32H38Cl2N2O6/c1-2-40-30(31(37)38)20-25-10-12-28(13-11-25)42-19-17-36(32(39)35-15-14-24-8-4-3-5-9-24)16-6-7-18-41-29-22-26(33)21-27(34)23-29/h3-5,8-13,21-23,30H,2,6-7,14-20H2,1H3,(H,35,39)(H,37,38). The summed E-state index contributed by atoms with van der Waals surface area (Å²) in [6.45, 7) is 4.33. The Bertz CT molecular complexity index is 1220. The molecule has 3 rings (SSSR count). The zero-order valence-electron chi connectivity index (χ0n) is 23.8. The van der Waals surface area contributed by atoms with Crippen LogP contribution in [0.5, 0.6) is 11.5 Å². The van der Waals surface area contributed by atoms with E-state index in [0.29, 0.717) is 61.0 Å². The number of benzene rings is 3. The van der Waals surface area contributed by atoms with Crippen molar-refractivity contribution in [1.29, 1.82) is 0 Å². The van der Waals surface area contributed by atoms with Crippen molar-refractivity contribution in [2.45, 2.75) is 38.7 Å². The Morgan fingerprint density at radius 3 is 2.21 bits per heavy atom. The van der Waals surface area contributed by atoms with E-state index in [1.807, 2.05) is 42.5 Å². The highest BCUT2D eigenvalue weighted by atomic mass is 35.5. The quantitative estimate of drug-likeness (QED) is 0.158. The summed E-state index contributed by atoms with van der Waals surface area (Å²) in [6, 6.07) is 22.2. The van der Waals surface area contributed by atoms with Crippen LogP contribution in [0.3, 0.4) is 0 Å². The van der Waals surface area contributed by atoms with Crippen LogP contribution in [0.15, 0.2) is 72.8 Å². The number of ether oxygens (including phenoxy) is 3. The molecule has 0 spiro atoms. The molecule has 1 atom stereocenters. The lowest BCUT2D eigenvalue weighted by Crippen LogP contribution is -2.43. The minimum Gasteiger partial charge on any atom is -0.493 e. The van der Waals surface area contributed by atoms with Gasteiger partial charge in [0.15, 0.2) is 6.10 Å². The summed E-state index contributed by atoms with van der Waals surface area (Å²) in [6.07, 6.45) is 1.60. The van der Waals surface area contributed by atoms with Crippen LogP contribution >= 0.6 is 23.2 Å². The van der Waals surface area contributed by atoms with Gasteiger partial charge in [-0.05, 0) is 67.6 Å². The van der Waals surface area contributed by atoms with Crippen molar-refractivity contribution in [3.05, 3.63) is 94.0 Å². The zero-order valence-corrected chi connectivity index (χ0v) is 25.3. The Hall–Kier alpha value is -3.46. The van der Waals surface area contributed by atoms with E-state index in [1.54, 1.807) is 42.2 Å². The van der Waals surface area contributed by atoms with E-state index >= 15 is 0 Å². The molecule has 0 bridgehead atoms. The van der Waals surface area contributed by atoms with Gasteiger partial charge in [0.2, 0.25) is 0 Å². The fourth-order valence-electron chi connectivity index (χ4n) is 4.22. The molecule has 0 heterocycles. The van der Waals surface area contributed by atoms with Crippen LogP contribution in [0.4, 0.5) is 4.79 Å². The molecule has 0 saturated heterocycles. The van der Waals surface area contributed by atoms with Crippen molar-refractivity contribution < 1.29 is 28.9 Å². The van der Waals surface area contributed by atoms with Crippen LogP contribution in [-0.2, 0) is 22.4 Å². The lowest BCUT2D eigenvalue weighted by Gasteiger charge is -2.23. The highest BCUT2D eigenvalue weighted by molar-refractivity contribution is 6.34. The highest BCUT2D eigenvalue weighted by Gasteiger charge is 2.18. The first kappa shape index (κ1) is 33.0. The first-order chi connectivity index (χ1) is 20.3. The third-order valence-electron chi connectivity index (χ3n) is 6.36. The molecule has 0 aromatic heterocycles. The summed E-state index contributed by atoms with van der Waals surface area (Å²) < 4.78 is 17.0. The number of unbranched alkanes of at least 4 members (excludes halogenated alkanes) is 1. The summed E-state index contributed by atoms with van der Waals surface area (Å²) in [5.41, 5.74) is 2.00. The Morgan fingerprint density at radius 1 is 0.857 bits per heavy atom. The molecular formula is C32H38Cl2N2O6. The van der Waals surface area contributed by atoms with Gasteiger partial charge in [0.05, 0.1) is 13.2 Å². The van der Waals surface area contributed by atoms with Crippen molar-refractivity contribution in [3.8, 4) is 11.5 Å². The predicted molar refractivity (Wildman–Crippen MR) is 165 cm³/mol. The third-order valence-corrected chi connectivity index (χ3v) is 6.80. The summed E-state index contributed by atoms with van der Waals surface area (Å²) in [5.74, 6) is 0.263. The smallest absolute Gasteiger partial charge is 0.333 e. The number of carbonyl (C=O) groups is 2. The molecule has 2 N–H and O–H groups in total. The van der Waals surface area contributed by atoms with Gasteiger partial charge in [-0.15, -0.1) is 0 Å². The van der Waals surface area contributed by atoms with E-state index < -0.39 is 12.1 Å². The molecular weight excluding hydrogens is 579 g/mol. The summed E-state index contributed by atoms with van der Waals surface area (Å²) >= 11 is 12.1. The minimum absolute atomic E-state index is 0.150. The number of urea groups is 1. The van der Waals surface area contributed by atoms with Gasteiger partial charge < -0.3 is 29.5 Å². The molecule has 3 aromatic carbocycles. The number of rotatable bonds is 18. The second-order valence-electron chi connectivity index (χ2n) is 9.59. The molecule has 0 aliphatic heterocycles. The largest absolute Gasteiger partial charge is 0.493 e. The molecule has 3 aromatic rings. The SMILES string of the molecule is CCOC(Cc1ccc(OCCN(CCCCOc2cc(Cl)cc(Cl)c2)C(=O)NCCc2ccccc2)cc1)C(=O)O. The van der Waals surface area contributed by atoms with Crippen molar-refractivity contribution in [1.82, 2.24) is 10.2 Å². The van der Waals surface area contributed by atoms with E-state index in [9.17, 15) is 14.7 Å². The van der Waals surface area contributed by atoms with Gasteiger partial charge in [-0.2, -0.15) is 0 Å². The second-order valence-corrected chi connectivity index (χ2v) is 10.5. The number of hydrogen-bond acceptors (Lipinski definition) is 5. The summed E-state index contributed by atoms with van der Waals surface area (Å²) in [7, 11) is 0. The highest BCUT2D eigenvalue weighted by Crippen LogP contribution is 2.24. The molecule has 0 aliphatic rings. The first-order valence-electron chi connectivity index (χ1n) is 14.1. The summed E-state index contributed by atoms with van der Waals surface area (Å²) in [5, 5.41) is 13.3. The van der Waals surface area contributed by atoms with Crippen LogP contribution < -0.4 is 14.8 Å². The monoisotopic (exact) mass is 616 g/mol. The Balaban J connectivity index is 1.48. The Morgan fingerprint density at radius 2 is 1.55 bits per heavy atom. The van der Waals surface area contributed by atoms with Gasteiger partial charge in [0, 0.05) is 36.2 Å². The number of carboxylic acids is 1. The first-order valence-corrected chi connectivity index (χ1v) is 14.8. The molecule has 0 fully saturated rings. The predicted octanol–water partition coefficient (Wildman–Crippen LogP) is 6.52. The van der Waals surface area contributed by atoms with E-state index in [0.717, 1.165) is 30.4 Å². The molecule has 42 heavy (non-hydrogen) atoms. The summed E-state index contributed by atoms with van der Waals surface area (Å²) in [4.78, 5) is 26.1. The van der Waals surface area contributed by atoms with Crippen LogP contribution in [0.1, 0.15) is 30.9 Å². The topological polar surface area (TPSA) is 97.3 Å². The van der Waals surface area contributed by atoms with E-state index in [2.05, 4.69) is 5.32 Å². The van der Waals surface area contributed by atoms with Crippen LogP contribution in [0.25, 0.3) is 0 Å². The van der Waals surface area contributed by atoms with Crippen LogP contribution in [-0.4, -0.2) is 67.6 Å². The fraction of sp³-hybridized carbons (Fsp3) is 0.375. The molecule has 226 valence electrons. The van der Waals surface area contributed by atoms with Gasteiger partial charge in [-0.25, -0.2) is 9.59 Å². The minimum atomic E-state index is -0.986. The fourth-order valence-corrected chi connectivity index (χ4v) is 4.73. The third kappa shape index (κ3) is 12.2. The van der Waals surface area contributed by atoms with Crippen LogP contribution in [0.2, 0.25) is 10.0 Å². The van der Waals surface area contributed by atoms with Gasteiger partial charge in [0.1, 0.15) is 18.1 Å². The average molecular weight is 618 g/mol. The van der Waals surface area contributed by atoms with E-state index in [1.165, 1.54) is 0 Å². The normalized spacial score (nSPS) is 11.5. The number of nitrogens with zero attached hydrogens (tertiary/aromatic N) is 1. The Kier molecular flexibility index (Phi) is 14.3. The zero-order chi connectivity index (χ0) is 30.2. The maximum Gasteiger partial charge on any atom is 0.333 e. The number of nitrogens with one attached hydrogen (secondary N) is 1. The Labute approximate surface area is 257 Å². The lowest BCUT2D eigenvalue weighted by atomic mass is 10.1. The van der Waals surface area contributed by atoms with E-state index in [-0.39, 0.29) is 12.5 Å². The van der Waals surface area contributed by atoms with Crippen molar-refractivity contribution in [2.24, 2.45) is 0 Å². The average Bonchev–Trinajstić information content (AvgIpc) is 2.96. The molecule has 8 nitrogen and oxygen atoms in total. The van der Waals surface area contributed by atoms with Crippen molar-refractivity contribution in [2.75, 3.05) is 39.5 Å². The van der Waals surface area contributed by atoms with Crippen molar-refractivity contribution in [3.63, 3.8) is 0 Å². The molecule has 2 amide bonds. The molecule has 0 saturated carbocycles. The molecule has 0 radical (unpaired) electrons. The van der Waals surface area contributed by atoms with Crippen LogP contribution in [0, 0.1) is 0 Å². The van der Waals surface area contributed by atoms with Gasteiger partial charge >= 0.3 is 12.0 Å². The maximum atomic E-state index is 13.0. The number of carboxylic acid groups (broad SMARTS) is 1. The molecule has 10 heteroatoms. The number of halogens is 2. The van der Waals surface area contributed by atoms with Gasteiger partial charge in [0.25, 0.3) is 0 Å². The lowest BCUT2D eigenvalue weighted by molar-refractivity contribution is -0.149. The van der Waals surface area contributed by atoms with Gasteiger partial charge in [-0.3, -0.25) is 0 Å². The van der Waals surface area contributed by atoms with E-state index in [4.69, 9.17) is 37.4 Å². The number of hydrogen-bond donors (Lipinski definition) is 2. The molecule has 1 unspecified atom stereocenters. The second kappa shape index (κ2) is 18.2.